The molecule has 14 nitrogen and oxygen atoms in total. The first kappa shape index (κ1) is 22.5. The van der Waals surface area contributed by atoms with Crippen molar-refractivity contribution in [1.82, 2.24) is 19.5 Å². The third-order valence-corrected chi connectivity index (χ3v) is 6.95. The van der Waals surface area contributed by atoms with Gasteiger partial charge in [-0.1, -0.05) is 6.92 Å². The number of phosphoric ester groups is 1. The van der Waals surface area contributed by atoms with Crippen molar-refractivity contribution in [1.29, 1.82) is 0 Å². The Morgan fingerprint density at radius 2 is 2.00 bits per heavy atom. The van der Waals surface area contributed by atoms with Gasteiger partial charge in [0.05, 0.1) is 25.1 Å². The Hall–Kier alpha value is -1.18. The maximum absolute atomic E-state index is 11.7. The first-order valence-corrected chi connectivity index (χ1v) is 11.4. The molecule has 0 amide bonds. The van der Waals surface area contributed by atoms with E-state index < -0.39 is 45.9 Å². The predicted octanol–water partition coefficient (Wildman–Crippen LogP) is -0.0389. The van der Waals surface area contributed by atoms with Gasteiger partial charge in [0.15, 0.2) is 11.5 Å². The average Bonchev–Trinajstić information content (AvgIpc) is 3.07. The van der Waals surface area contributed by atoms with Crippen molar-refractivity contribution in [2.24, 2.45) is 5.41 Å². The maximum Gasteiger partial charge on any atom is 0.481 e. The maximum atomic E-state index is 11.7. The van der Waals surface area contributed by atoms with E-state index >= 15 is 0 Å². The van der Waals surface area contributed by atoms with Crippen LogP contribution < -0.4 is 5.73 Å². The Labute approximate surface area is 168 Å². The van der Waals surface area contributed by atoms with Crippen LogP contribution in [-0.2, 0) is 18.0 Å². The quantitative estimate of drug-likeness (QED) is 0.239. The second-order valence-corrected chi connectivity index (χ2v) is 10.0. The fourth-order valence-corrected chi connectivity index (χ4v) is 5.18. The van der Waals surface area contributed by atoms with E-state index in [-0.39, 0.29) is 28.7 Å². The molecule has 1 fully saturated rings. The van der Waals surface area contributed by atoms with Crippen molar-refractivity contribution in [3.63, 3.8) is 0 Å². The van der Waals surface area contributed by atoms with E-state index in [1.807, 2.05) is 0 Å². The number of halogens is 1. The molecule has 2 aromatic heterocycles. The number of nitrogens with two attached hydrogens (primary N) is 1. The second kappa shape index (κ2) is 7.50. The largest absolute Gasteiger partial charge is 0.481 e. The first-order valence-electron chi connectivity index (χ1n) is 7.98. The Bertz CT molecular complexity index is 1030. The number of anilines is 1. The van der Waals surface area contributed by atoms with E-state index in [0.717, 1.165) is 0 Å². The number of aliphatic hydroxyl groups is 2. The van der Waals surface area contributed by atoms with E-state index in [0.29, 0.717) is 0 Å². The molecular weight excluding hydrogens is 456 g/mol. The summed E-state index contributed by atoms with van der Waals surface area (Å²) in [5, 5.41) is 20.9. The Balaban J connectivity index is 1.85. The van der Waals surface area contributed by atoms with Gasteiger partial charge in [0, 0.05) is 5.41 Å². The van der Waals surface area contributed by atoms with Gasteiger partial charge < -0.3 is 35.2 Å². The molecule has 0 spiro atoms. The van der Waals surface area contributed by atoms with Crippen molar-refractivity contribution < 1.29 is 42.9 Å². The highest BCUT2D eigenvalue weighted by molar-refractivity contribution is 7.60. The predicted molar refractivity (Wildman–Crippen MR) is 97.4 cm³/mol. The fourth-order valence-electron chi connectivity index (χ4n) is 3.29. The molecule has 1 unspecified atom stereocenters. The Morgan fingerprint density at radius 3 is 2.62 bits per heavy atom. The molecule has 2 heterocycles. The van der Waals surface area contributed by atoms with Crippen LogP contribution in [0.3, 0.4) is 0 Å². The van der Waals surface area contributed by atoms with Gasteiger partial charge in [-0.3, -0.25) is 4.52 Å². The summed E-state index contributed by atoms with van der Waals surface area (Å²) in [5.41, 5.74) is 4.90. The van der Waals surface area contributed by atoms with Crippen LogP contribution in [0.5, 0.6) is 0 Å². The Morgan fingerprint density at radius 1 is 1.34 bits per heavy atom. The molecule has 0 bridgehead atoms. The summed E-state index contributed by atoms with van der Waals surface area (Å²) in [6.07, 6.45) is -1.46. The zero-order chi connectivity index (χ0) is 21.8. The third kappa shape index (κ3) is 4.62. The van der Waals surface area contributed by atoms with Crippen LogP contribution >= 0.6 is 27.2 Å². The number of fused-ring (bicyclic) bond motifs is 1. The molecule has 0 aromatic carbocycles. The minimum Gasteiger partial charge on any atom is -0.390 e. The second-order valence-electron chi connectivity index (χ2n) is 6.88. The molecule has 1 aliphatic carbocycles. The van der Waals surface area contributed by atoms with Gasteiger partial charge >= 0.3 is 15.6 Å². The van der Waals surface area contributed by atoms with E-state index in [9.17, 15) is 24.2 Å². The van der Waals surface area contributed by atoms with Gasteiger partial charge in [-0.2, -0.15) is 14.3 Å². The zero-order valence-corrected chi connectivity index (χ0v) is 17.3. The minimum absolute atomic E-state index is 0.0121. The molecule has 0 aliphatic heterocycles. The molecule has 7 N–H and O–H groups in total. The molecule has 17 heteroatoms. The summed E-state index contributed by atoms with van der Waals surface area (Å²) >= 11 is 5.82. The number of hydrogen-bond donors (Lipinski definition) is 6. The molecule has 1 aliphatic rings. The number of hydrogen-bond acceptors (Lipinski definition) is 10. The highest BCUT2D eigenvalue weighted by atomic mass is 35.5. The number of nitrogens with zero attached hydrogens (tertiary/aromatic N) is 4. The van der Waals surface area contributed by atoms with Gasteiger partial charge in [-0.15, -0.1) is 0 Å². The molecular formula is C12H18ClN5O9P2. The van der Waals surface area contributed by atoms with Crippen molar-refractivity contribution in [3.8, 4) is 0 Å². The molecule has 2 aromatic rings. The molecule has 162 valence electrons. The summed E-state index contributed by atoms with van der Waals surface area (Å²) in [6, 6.07) is -0.797. The smallest absolute Gasteiger partial charge is 0.390 e. The summed E-state index contributed by atoms with van der Waals surface area (Å²) in [6.45, 7) is 0.799. The highest BCUT2D eigenvalue weighted by Crippen LogP contribution is 2.59. The van der Waals surface area contributed by atoms with Gasteiger partial charge in [-0.05, 0) is 18.0 Å². The van der Waals surface area contributed by atoms with Crippen LogP contribution in [0.2, 0.25) is 5.28 Å². The number of nitrogen functional groups attached to an aromatic ring is 1. The van der Waals surface area contributed by atoms with Crippen LogP contribution in [0, 0.1) is 5.41 Å². The summed E-state index contributed by atoms with van der Waals surface area (Å²) in [4.78, 5) is 38.7. The topological polar surface area (TPSA) is 223 Å². The number of aromatic nitrogens is 4. The highest BCUT2D eigenvalue weighted by Gasteiger charge is 2.52. The lowest BCUT2D eigenvalue weighted by molar-refractivity contribution is -0.0397. The molecule has 0 radical (unpaired) electrons. The average molecular weight is 474 g/mol. The normalized spacial score (nSPS) is 30.0. The van der Waals surface area contributed by atoms with Crippen molar-refractivity contribution in [2.45, 2.75) is 31.6 Å². The molecule has 29 heavy (non-hydrogen) atoms. The Kier molecular flexibility index (Phi) is 5.82. The number of imidazole rings is 1. The van der Waals surface area contributed by atoms with Gasteiger partial charge in [0.2, 0.25) is 5.28 Å². The summed E-state index contributed by atoms with van der Waals surface area (Å²) in [7, 11) is -10.4. The van der Waals surface area contributed by atoms with E-state index in [1.54, 1.807) is 0 Å². The number of aliphatic hydroxyl groups excluding tert-OH is 2. The van der Waals surface area contributed by atoms with Crippen LogP contribution in [0.4, 0.5) is 5.82 Å². The third-order valence-electron chi connectivity index (χ3n) is 4.65. The van der Waals surface area contributed by atoms with Gasteiger partial charge in [-0.25, -0.2) is 14.1 Å². The lowest BCUT2D eigenvalue weighted by atomic mass is 9.87. The van der Waals surface area contributed by atoms with Gasteiger partial charge in [0.25, 0.3) is 0 Å². The molecule has 3 rings (SSSR count). The van der Waals surface area contributed by atoms with Crippen LogP contribution in [0.25, 0.3) is 11.2 Å². The SMILES string of the molecule is C[C@]1(COP(=O)(O)OP(=O)(O)O)C[C@@H](n2cnc3c(N)nc(Cl)nc32)[C@H](O)[C@@H]1O. The summed E-state index contributed by atoms with van der Waals surface area (Å²) < 4.78 is 32.2. The first-order chi connectivity index (χ1) is 13.2. The van der Waals surface area contributed by atoms with Gasteiger partial charge in [0.1, 0.15) is 11.6 Å². The zero-order valence-electron chi connectivity index (χ0n) is 14.7. The summed E-state index contributed by atoms with van der Waals surface area (Å²) in [5.74, 6) is 0.0219. The van der Waals surface area contributed by atoms with E-state index in [1.165, 1.54) is 17.8 Å². The van der Waals surface area contributed by atoms with Crippen LogP contribution in [-0.4, -0.2) is 63.2 Å². The lowest BCUT2D eigenvalue weighted by Gasteiger charge is -2.28. The van der Waals surface area contributed by atoms with Crippen molar-refractivity contribution in [3.05, 3.63) is 11.6 Å². The van der Waals surface area contributed by atoms with Crippen molar-refractivity contribution in [2.75, 3.05) is 12.3 Å². The standard InChI is InChI=1S/C12H18ClN5O9P2/c1-12(3-26-29(24,25)27-28(21,22)23)2-5(7(19)8(12)20)18-4-15-6-9(14)16-11(13)17-10(6)18/h4-5,7-8,19-20H,2-3H2,1H3,(H,24,25)(H2,14,16,17)(H2,21,22,23)/t5-,7+,8+,12-/m1/s1. The van der Waals surface area contributed by atoms with Crippen molar-refractivity contribution >= 4 is 44.2 Å². The minimum atomic E-state index is -5.29. The molecule has 0 saturated heterocycles. The monoisotopic (exact) mass is 473 g/mol. The number of phosphoric acid groups is 2. The lowest BCUT2D eigenvalue weighted by Crippen LogP contribution is -2.37. The van der Waals surface area contributed by atoms with Crippen LogP contribution in [0.15, 0.2) is 6.33 Å². The van der Waals surface area contributed by atoms with E-state index in [4.69, 9.17) is 27.1 Å². The number of rotatable bonds is 6. The van der Waals surface area contributed by atoms with Crippen LogP contribution in [0.1, 0.15) is 19.4 Å². The molecule has 1 saturated carbocycles. The van der Waals surface area contributed by atoms with E-state index in [2.05, 4.69) is 23.8 Å². The fraction of sp³-hybridized carbons (Fsp3) is 0.583. The molecule has 5 atom stereocenters.